The third-order valence-corrected chi connectivity index (χ3v) is 1.95. The molecule has 0 unspecified atom stereocenters. The summed E-state index contributed by atoms with van der Waals surface area (Å²) in [7, 11) is 0. The zero-order valence-electron chi connectivity index (χ0n) is 8.28. The molecule has 2 aromatic heterocycles. The van der Waals surface area contributed by atoms with Gasteiger partial charge in [0, 0.05) is 6.20 Å². The van der Waals surface area contributed by atoms with Gasteiger partial charge in [0.05, 0.1) is 0 Å². The van der Waals surface area contributed by atoms with E-state index in [1.807, 2.05) is 6.07 Å². The molecule has 7 nitrogen and oxygen atoms in total. The number of nitro groups is 1. The topological polar surface area (TPSA) is 85.9 Å². The minimum atomic E-state index is -0.528. The lowest BCUT2D eigenvalue weighted by atomic mass is 10.5. The molecule has 0 fully saturated rings. The smallest absolute Gasteiger partial charge is 0.390 e. The molecule has 1 N–H and O–H groups in total. The van der Waals surface area contributed by atoms with Gasteiger partial charge < -0.3 is 15.4 Å². The van der Waals surface area contributed by atoms with Gasteiger partial charge in [0.2, 0.25) is 0 Å². The zero-order valence-corrected chi connectivity index (χ0v) is 8.28. The van der Waals surface area contributed by atoms with Gasteiger partial charge in [-0.2, -0.15) is 0 Å². The van der Waals surface area contributed by atoms with Crippen LogP contribution in [0.15, 0.2) is 36.8 Å². The van der Waals surface area contributed by atoms with Crippen LogP contribution in [0, 0.1) is 10.1 Å². The van der Waals surface area contributed by atoms with Crippen LogP contribution in [0.2, 0.25) is 0 Å². The minimum absolute atomic E-state index is 0.191. The molecule has 16 heavy (non-hydrogen) atoms. The summed E-state index contributed by atoms with van der Waals surface area (Å²) in [5.41, 5.74) is 0. The molecular weight excluding hydrogens is 210 g/mol. The highest BCUT2D eigenvalue weighted by molar-refractivity contribution is 5.32. The van der Waals surface area contributed by atoms with Gasteiger partial charge in [-0.3, -0.25) is 0 Å². The Kier molecular flexibility index (Phi) is 2.77. The van der Waals surface area contributed by atoms with Crippen molar-refractivity contribution >= 4 is 11.8 Å². The van der Waals surface area contributed by atoms with Crippen LogP contribution >= 0.6 is 0 Å². The molecule has 0 aromatic carbocycles. The number of hydrogen-bond acceptors (Lipinski definition) is 5. The maximum atomic E-state index is 10.6. The molecule has 2 heterocycles. The number of nitrogens with one attached hydrogen (secondary N) is 1. The van der Waals surface area contributed by atoms with Crippen LogP contribution in [0.3, 0.4) is 0 Å². The monoisotopic (exact) mass is 219 g/mol. The van der Waals surface area contributed by atoms with E-state index in [-0.39, 0.29) is 12.6 Å². The Morgan fingerprint density at radius 3 is 2.94 bits per heavy atom. The van der Waals surface area contributed by atoms with Crippen LogP contribution < -0.4 is 5.32 Å². The van der Waals surface area contributed by atoms with Crippen molar-refractivity contribution in [3.05, 3.63) is 46.9 Å². The summed E-state index contributed by atoms with van der Waals surface area (Å²) in [5.74, 6) is 0.467. The van der Waals surface area contributed by atoms with Gasteiger partial charge in [-0.1, -0.05) is 11.1 Å². The third-order valence-electron chi connectivity index (χ3n) is 1.95. The molecule has 0 atom stereocenters. The maximum absolute atomic E-state index is 10.6. The van der Waals surface area contributed by atoms with Gasteiger partial charge in [0.15, 0.2) is 0 Å². The number of rotatable bonds is 4. The van der Waals surface area contributed by atoms with E-state index in [0.29, 0.717) is 5.82 Å². The highest BCUT2D eigenvalue weighted by Crippen LogP contribution is 2.08. The first kappa shape index (κ1) is 10.1. The molecule has 2 aromatic rings. The average molecular weight is 219 g/mol. The van der Waals surface area contributed by atoms with E-state index in [9.17, 15) is 10.1 Å². The molecule has 7 heteroatoms. The predicted octanol–water partition coefficient (Wildman–Crippen LogP) is 1.26. The second kappa shape index (κ2) is 4.39. The average Bonchev–Trinajstić information content (AvgIpc) is 2.76. The van der Waals surface area contributed by atoms with Gasteiger partial charge in [0.1, 0.15) is 24.9 Å². The number of imidazole rings is 1. The molecule has 0 saturated heterocycles. The molecule has 82 valence electrons. The number of hydrogen-bond donors (Lipinski definition) is 1. The van der Waals surface area contributed by atoms with Gasteiger partial charge in [-0.25, -0.2) is 9.55 Å². The third kappa shape index (κ3) is 2.14. The van der Waals surface area contributed by atoms with Gasteiger partial charge in [-0.05, 0) is 17.1 Å². The zero-order chi connectivity index (χ0) is 11.4. The molecule has 0 amide bonds. The van der Waals surface area contributed by atoms with Crippen molar-refractivity contribution in [1.29, 1.82) is 0 Å². The second-order valence-electron chi connectivity index (χ2n) is 3.00. The van der Waals surface area contributed by atoms with Crippen LogP contribution in [0.5, 0.6) is 0 Å². The van der Waals surface area contributed by atoms with E-state index in [2.05, 4.69) is 15.3 Å². The Bertz CT molecular complexity index is 482. The lowest BCUT2D eigenvalue weighted by Gasteiger charge is -2.04. The number of aromatic nitrogens is 3. The molecule has 0 saturated carbocycles. The van der Waals surface area contributed by atoms with Crippen molar-refractivity contribution in [3.63, 3.8) is 0 Å². The summed E-state index contributed by atoms with van der Waals surface area (Å²) in [5, 5.41) is 13.5. The fraction of sp³-hybridized carbons (Fsp3) is 0.111. The second-order valence-corrected chi connectivity index (χ2v) is 3.00. The summed E-state index contributed by atoms with van der Waals surface area (Å²) in [6.45, 7) is 0.257. The molecule has 0 aliphatic rings. The summed E-state index contributed by atoms with van der Waals surface area (Å²) in [6.07, 6.45) is 4.57. The van der Waals surface area contributed by atoms with E-state index >= 15 is 0 Å². The van der Waals surface area contributed by atoms with Crippen LogP contribution in [0.25, 0.3) is 0 Å². The van der Waals surface area contributed by atoms with Gasteiger partial charge in [-0.15, -0.1) is 0 Å². The van der Waals surface area contributed by atoms with Crippen LogP contribution in [0.1, 0.15) is 0 Å². The normalized spacial score (nSPS) is 10.0. The van der Waals surface area contributed by atoms with Crippen LogP contribution in [0.4, 0.5) is 11.8 Å². The van der Waals surface area contributed by atoms with Gasteiger partial charge in [0.25, 0.3) is 0 Å². The van der Waals surface area contributed by atoms with Crippen molar-refractivity contribution < 1.29 is 4.92 Å². The Morgan fingerprint density at radius 1 is 1.38 bits per heavy atom. The summed E-state index contributed by atoms with van der Waals surface area (Å²) < 4.78 is 1.40. The molecule has 2 rings (SSSR count). The lowest BCUT2D eigenvalue weighted by molar-refractivity contribution is -0.396. The highest BCUT2D eigenvalue weighted by Gasteiger charge is 2.12. The van der Waals surface area contributed by atoms with Crippen LogP contribution in [-0.2, 0) is 6.67 Å². The van der Waals surface area contributed by atoms with E-state index in [1.165, 1.54) is 17.0 Å². The van der Waals surface area contributed by atoms with E-state index in [1.54, 1.807) is 18.3 Å². The first-order valence-electron chi connectivity index (χ1n) is 4.58. The molecule has 0 radical (unpaired) electrons. The van der Waals surface area contributed by atoms with E-state index in [4.69, 9.17) is 0 Å². The Labute approximate surface area is 90.9 Å². The highest BCUT2D eigenvalue weighted by atomic mass is 16.6. The number of nitrogens with zero attached hydrogens (tertiary/aromatic N) is 4. The van der Waals surface area contributed by atoms with Gasteiger partial charge >= 0.3 is 5.95 Å². The number of anilines is 1. The molecule has 0 aliphatic heterocycles. The summed E-state index contributed by atoms with van der Waals surface area (Å²) in [6, 6.07) is 5.41. The molecule has 0 spiro atoms. The predicted molar refractivity (Wildman–Crippen MR) is 56.7 cm³/mol. The van der Waals surface area contributed by atoms with E-state index in [0.717, 1.165) is 0 Å². The Hall–Kier alpha value is -2.44. The van der Waals surface area contributed by atoms with Crippen LogP contribution in [-0.4, -0.2) is 19.5 Å². The first-order valence-corrected chi connectivity index (χ1v) is 4.58. The summed E-state index contributed by atoms with van der Waals surface area (Å²) in [4.78, 5) is 17.7. The van der Waals surface area contributed by atoms with Crippen molar-refractivity contribution in [3.8, 4) is 0 Å². The molecule has 0 bridgehead atoms. The fourth-order valence-corrected chi connectivity index (χ4v) is 1.23. The SMILES string of the molecule is O=[N+]([O-])c1nccn1CNc1ccccn1. The van der Waals surface area contributed by atoms with Crippen molar-refractivity contribution in [2.24, 2.45) is 0 Å². The number of pyridine rings is 1. The largest absolute Gasteiger partial charge is 0.436 e. The molecule has 0 aliphatic carbocycles. The molecular formula is C9H9N5O2. The minimum Gasteiger partial charge on any atom is -0.390 e. The standard InChI is InChI=1S/C9H9N5O2/c15-14(16)9-11-5-6-13(9)7-12-8-3-1-2-4-10-8/h1-6H,7H2,(H,10,12). The van der Waals surface area contributed by atoms with Crippen molar-refractivity contribution in [2.75, 3.05) is 5.32 Å². The fourth-order valence-electron chi connectivity index (χ4n) is 1.23. The first-order chi connectivity index (χ1) is 7.77. The van der Waals surface area contributed by atoms with E-state index < -0.39 is 4.92 Å². The Balaban J connectivity index is 2.05. The van der Waals surface area contributed by atoms with Crippen molar-refractivity contribution in [1.82, 2.24) is 14.5 Å². The summed E-state index contributed by atoms with van der Waals surface area (Å²) >= 11 is 0. The quantitative estimate of drug-likeness (QED) is 0.617. The maximum Gasteiger partial charge on any atom is 0.436 e. The Morgan fingerprint density at radius 2 is 2.25 bits per heavy atom. The lowest BCUT2D eigenvalue weighted by Crippen LogP contribution is -2.10. The van der Waals surface area contributed by atoms with Crippen molar-refractivity contribution in [2.45, 2.75) is 6.67 Å².